The molecule has 0 fully saturated rings. The minimum Gasteiger partial charge on any atom is -0.323 e. The van der Waals surface area contributed by atoms with E-state index in [4.69, 9.17) is 0 Å². The molecular formula is C69H147N35. The highest BCUT2D eigenvalue weighted by atomic mass is 15.4. The van der Waals surface area contributed by atoms with Crippen LogP contribution in [0.2, 0.25) is 0 Å². The molecule has 0 radical (unpaired) electrons. The number of H-pyrrole nitrogens is 9. The Hall–Kier alpha value is -10.9. The lowest BCUT2D eigenvalue weighted by Crippen LogP contribution is -1.89. The predicted octanol–water partition coefficient (Wildman–Crippen LogP) is 16.0. The first-order valence-electron chi connectivity index (χ1n) is 35.7. The summed E-state index contributed by atoms with van der Waals surface area (Å²) in [7, 11) is 7.37. The van der Waals surface area contributed by atoms with Crippen molar-refractivity contribution in [1.29, 1.82) is 0 Å². The zero-order chi connectivity index (χ0) is 83.3. The normalized spacial score (nSPS) is 7.38. The largest absolute Gasteiger partial charge is 0.323 e. The highest BCUT2D eigenvalue weighted by molar-refractivity contribution is 4.97. The quantitative estimate of drug-likeness (QED) is 0.0681. The van der Waals surface area contributed by atoms with Gasteiger partial charge in [0, 0.05) is 70.6 Å². The maximum atomic E-state index is 3.83. The molecule has 0 aliphatic heterocycles. The Labute approximate surface area is 626 Å². The molecule has 0 saturated carbocycles. The lowest BCUT2D eigenvalue weighted by Gasteiger charge is -1.77. The fraction of sp³-hybridized carbons (Fsp3) is 0.565. The van der Waals surface area contributed by atoms with Gasteiger partial charge in [-0.3, -0.25) is 40.0 Å². The highest BCUT2D eigenvalue weighted by Gasteiger charge is 1.81. The van der Waals surface area contributed by atoms with Crippen molar-refractivity contribution >= 4 is 0 Å². The molecule has 0 aliphatic rings. The summed E-state index contributed by atoms with van der Waals surface area (Å²) in [5.74, 6) is 2.57. The monoisotopic (exact) mass is 1470 g/mol. The molecule has 0 amide bonds. The van der Waals surface area contributed by atoms with E-state index in [1.165, 1.54) is 35.7 Å². The fourth-order valence-corrected chi connectivity index (χ4v) is 3.69. The van der Waals surface area contributed by atoms with Crippen LogP contribution in [0.1, 0.15) is 232 Å². The van der Waals surface area contributed by atoms with Gasteiger partial charge in [-0.15, -0.1) is 10.2 Å². The van der Waals surface area contributed by atoms with E-state index < -0.39 is 0 Å². The van der Waals surface area contributed by atoms with Gasteiger partial charge in [0.15, 0.2) is 0 Å². The molecule has 13 rings (SSSR count). The van der Waals surface area contributed by atoms with Gasteiger partial charge in [-0.25, -0.2) is 19.9 Å². The molecule has 9 N–H and O–H groups in total. The van der Waals surface area contributed by atoms with E-state index in [1.54, 1.807) is 95.7 Å². The van der Waals surface area contributed by atoms with Crippen molar-refractivity contribution < 1.29 is 0 Å². The van der Waals surface area contributed by atoms with Crippen LogP contribution in [0, 0.1) is 62.3 Å². The molecule has 0 aliphatic carbocycles. The topological polar surface area (TPSA) is 445 Å². The second-order valence-corrected chi connectivity index (χ2v) is 14.7. The number of aromatic amines is 9. The van der Waals surface area contributed by atoms with Gasteiger partial charge in [-0.2, -0.15) is 102 Å². The van der Waals surface area contributed by atoms with Gasteiger partial charge in [0.2, 0.25) is 0 Å². The predicted molar refractivity (Wildman–Crippen MR) is 430 cm³/mol. The maximum absolute atomic E-state index is 3.83. The van der Waals surface area contributed by atoms with Gasteiger partial charge in [-0.1, -0.05) is 180 Å². The number of nitrogens with one attached hydrogen (secondary N) is 9. The summed E-state index contributed by atoms with van der Waals surface area (Å²) >= 11 is 0. The van der Waals surface area contributed by atoms with Crippen molar-refractivity contribution in [1.82, 2.24) is 177 Å². The van der Waals surface area contributed by atoms with Gasteiger partial charge in [0.1, 0.15) is 61.8 Å². The minimum absolute atomic E-state index is 0.856. The fourth-order valence-electron chi connectivity index (χ4n) is 3.69. The van der Waals surface area contributed by atoms with E-state index >= 15 is 0 Å². The van der Waals surface area contributed by atoms with E-state index in [0.717, 1.165) is 45.9 Å². The van der Waals surface area contributed by atoms with Crippen molar-refractivity contribution in [3.8, 4) is 0 Å². The molecule has 35 nitrogen and oxygen atoms in total. The Kier molecular flexibility index (Phi) is 141. The number of nitrogens with zero attached hydrogens (tertiary/aromatic N) is 26. The molecular weight excluding hydrogens is 1320 g/mol. The van der Waals surface area contributed by atoms with Gasteiger partial charge >= 0.3 is 0 Å². The van der Waals surface area contributed by atoms with Crippen molar-refractivity contribution in [2.45, 2.75) is 242 Å². The summed E-state index contributed by atoms with van der Waals surface area (Å²) < 4.78 is 5.17. The van der Waals surface area contributed by atoms with E-state index in [0.29, 0.717) is 0 Å². The second kappa shape index (κ2) is 119. The Bertz CT molecular complexity index is 2220. The summed E-state index contributed by atoms with van der Waals surface area (Å²) in [4.78, 5) is 16.4. The standard InChI is InChI=1S/4C4H6N2.9C3H5N3.13C2H6/c1-4-2-5-6-3-4;1-6-4-2-3-5-6;2*1-4-2-3-5-6-4;1-6-2-4-5-3-6;1-6-3-4-2-5-6;1-6-4-2-3-5-6;3*1-3-4-2-5-6-3;3*1-3-2-4-6-5-3;13*1-2/h2-3H,1H3,(H,5,6);2-4H,1H3;2*2-3H,1H3,(H,5,6);3*2-3H,1H3;6*2H,1H3,(H,4,5,6);13*1-2H3. The second-order valence-electron chi connectivity index (χ2n) is 14.7. The van der Waals surface area contributed by atoms with Crippen molar-refractivity contribution in [3.63, 3.8) is 0 Å². The lowest BCUT2D eigenvalue weighted by molar-refractivity contribution is 0.654. The summed E-state index contributed by atoms with van der Waals surface area (Å²) in [6, 6.07) is 5.72. The van der Waals surface area contributed by atoms with Crippen LogP contribution in [-0.4, -0.2) is 177 Å². The summed E-state index contributed by atoms with van der Waals surface area (Å²) in [5.41, 5.74) is 6.17. The van der Waals surface area contributed by atoms with Crippen LogP contribution in [0.3, 0.4) is 0 Å². The third-order valence-electron chi connectivity index (χ3n) is 7.37. The first-order valence-corrected chi connectivity index (χ1v) is 35.7. The molecule has 598 valence electrons. The minimum atomic E-state index is 0.856. The molecule has 35 heteroatoms. The Balaban J connectivity index is -0.0000000764. The summed E-state index contributed by atoms with van der Waals surface area (Å²) in [6.07, 6.45) is 29.9. The van der Waals surface area contributed by atoms with Crippen LogP contribution >= 0.6 is 0 Å². The number of hydrogen-bond donors (Lipinski definition) is 9. The molecule has 104 heavy (non-hydrogen) atoms. The zero-order valence-electron chi connectivity index (χ0n) is 71.8. The van der Waals surface area contributed by atoms with Crippen LogP contribution in [0.15, 0.2) is 131 Å². The third-order valence-corrected chi connectivity index (χ3v) is 7.37. The summed E-state index contributed by atoms with van der Waals surface area (Å²) in [5, 5.41) is 89.1. The van der Waals surface area contributed by atoms with E-state index in [2.05, 4.69) is 158 Å². The van der Waals surface area contributed by atoms with Crippen molar-refractivity contribution in [3.05, 3.63) is 182 Å². The van der Waals surface area contributed by atoms with Gasteiger partial charge < -0.3 is 4.57 Å². The third kappa shape index (κ3) is 115. The van der Waals surface area contributed by atoms with Gasteiger partial charge in [-0.05, 0) is 86.1 Å². The summed E-state index contributed by atoms with van der Waals surface area (Å²) in [6.45, 7) is 69.1. The first kappa shape index (κ1) is 123. The Morgan fingerprint density at radius 2 is 0.663 bits per heavy atom. The average Bonchev–Trinajstić information content (AvgIpc) is 4.52. The van der Waals surface area contributed by atoms with Crippen LogP contribution in [0.25, 0.3) is 0 Å². The van der Waals surface area contributed by atoms with Crippen LogP contribution in [-0.2, 0) is 28.2 Å². The lowest BCUT2D eigenvalue weighted by atomic mass is 10.4. The first-order chi connectivity index (χ1) is 50.6. The number of aryl methyl sites for hydroxylation is 13. The van der Waals surface area contributed by atoms with Crippen molar-refractivity contribution in [2.75, 3.05) is 0 Å². The van der Waals surface area contributed by atoms with Crippen LogP contribution < -0.4 is 0 Å². The highest BCUT2D eigenvalue weighted by Crippen LogP contribution is 1.85. The molecule has 0 atom stereocenters. The molecule has 13 heterocycles. The molecule has 0 spiro atoms. The average molecular weight is 1470 g/mol. The number of hydrogen-bond acceptors (Lipinski definition) is 22. The van der Waals surface area contributed by atoms with Gasteiger partial charge in [0.25, 0.3) is 0 Å². The Morgan fingerprint density at radius 3 is 0.740 bits per heavy atom. The smallest absolute Gasteiger partial charge is 0.137 e. The van der Waals surface area contributed by atoms with Crippen LogP contribution in [0.5, 0.6) is 0 Å². The molecule has 13 aromatic heterocycles. The molecule has 13 aromatic rings. The molecule has 0 bridgehead atoms. The zero-order valence-corrected chi connectivity index (χ0v) is 71.8. The maximum Gasteiger partial charge on any atom is 0.137 e. The number of aromatic nitrogens is 35. The van der Waals surface area contributed by atoms with E-state index in [9.17, 15) is 0 Å². The molecule has 0 aromatic carbocycles. The molecule has 0 saturated heterocycles. The molecule has 0 unspecified atom stereocenters. The van der Waals surface area contributed by atoms with Crippen molar-refractivity contribution in [2.24, 2.45) is 28.2 Å². The number of rotatable bonds is 0. The van der Waals surface area contributed by atoms with E-state index in [-0.39, 0.29) is 0 Å². The van der Waals surface area contributed by atoms with Crippen LogP contribution in [0.4, 0.5) is 0 Å². The SMILES string of the molecule is CC.CC.CC.CC.CC.CC.CC.CC.CC.CC.CC.CC.CC.Cc1ccn[nH]1.Cc1ccn[nH]1.Cc1cn[nH]c1.Cc1cn[nH]n1.Cc1cn[nH]n1.Cc1cn[nH]n1.Cc1ncn[nH]1.Cc1ncn[nH]1.Cc1ncn[nH]1.Cn1cccn1.Cn1cncn1.Cn1cnnc1.Cn1nccn1. The van der Waals surface area contributed by atoms with E-state index in [1.807, 2.05) is 294 Å². The Morgan fingerprint density at radius 1 is 0.317 bits per heavy atom. The van der Waals surface area contributed by atoms with Gasteiger partial charge in [0.05, 0.1) is 54.3 Å².